The first-order chi connectivity index (χ1) is 15.7. The van der Waals surface area contributed by atoms with Crippen LogP contribution >= 0.6 is 23.2 Å². The van der Waals surface area contributed by atoms with E-state index in [1.807, 2.05) is 0 Å². The van der Waals surface area contributed by atoms with E-state index in [4.69, 9.17) is 23.2 Å². The Morgan fingerprint density at radius 2 is 0.906 bits per heavy atom. The molecular weight excluding hydrogens is 431 g/mol. The largest absolute Gasteiger partial charge is 0.0840 e. The van der Waals surface area contributed by atoms with E-state index in [9.17, 15) is 0 Å². The highest BCUT2D eigenvalue weighted by atomic mass is 35.5. The van der Waals surface area contributed by atoms with E-state index < -0.39 is 0 Å². The van der Waals surface area contributed by atoms with E-state index in [1.54, 1.807) is 0 Å². The highest BCUT2D eigenvalue weighted by Gasteiger charge is 2.70. The molecule has 0 radical (unpaired) electrons. The highest BCUT2D eigenvalue weighted by Crippen LogP contribution is 2.76. The molecule has 0 aromatic heterocycles. The fraction of sp³-hybridized carbons (Fsp3) is 0.200. The first-order valence-corrected chi connectivity index (χ1v) is 12.2. The van der Waals surface area contributed by atoms with Crippen LogP contribution in [-0.2, 0) is 10.8 Å². The van der Waals surface area contributed by atoms with Gasteiger partial charge in [0.05, 0.1) is 0 Å². The van der Waals surface area contributed by atoms with Gasteiger partial charge in [-0.3, -0.25) is 0 Å². The molecule has 0 N–H and O–H groups in total. The lowest BCUT2D eigenvalue weighted by atomic mass is 9.33. The Morgan fingerprint density at radius 3 is 1.38 bits per heavy atom. The number of hydrogen-bond acceptors (Lipinski definition) is 0. The van der Waals surface area contributed by atoms with E-state index in [1.165, 1.54) is 44.5 Å². The molecule has 0 amide bonds. The Kier molecular flexibility index (Phi) is 3.19. The van der Waals surface area contributed by atoms with Gasteiger partial charge in [0.2, 0.25) is 0 Å². The monoisotopic (exact) mass is 450 g/mol. The van der Waals surface area contributed by atoms with Crippen LogP contribution in [0.25, 0.3) is 0 Å². The van der Waals surface area contributed by atoms with Gasteiger partial charge in [0.15, 0.2) is 0 Å². The Balaban J connectivity index is 1.64. The van der Waals surface area contributed by atoms with Crippen LogP contribution in [0.15, 0.2) is 84.9 Å². The zero-order chi connectivity index (χ0) is 21.2. The summed E-state index contributed by atoms with van der Waals surface area (Å²) >= 11 is 14.2. The van der Waals surface area contributed by atoms with Crippen molar-refractivity contribution < 1.29 is 0 Å². The summed E-state index contributed by atoms with van der Waals surface area (Å²) in [6.45, 7) is 0. The van der Waals surface area contributed by atoms with Gasteiger partial charge in [-0.05, 0) is 69.5 Å². The van der Waals surface area contributed by atoms with Gasteiger partial charge in [-0.2, -0.15) is 0 Å². The first-order valence-electron chi connectivity index (χ1n) is 11.4. The van der Waals surface area contributed by atoms with Gasteiger partial charge in [-0.15, -0.1) is 0 Å². The second kappa shape index (κ2) is 5.68. The lowest BCUT2D eigenvalue weighted by molar-refractivity contribution is 0.171. The van der Waals surface area contributed by atoms with Crippen LogP contribution in [-0.4, -0.2) is 0 Å². The molecule has 0 aliphatic heterocycles. The van der Waals surface area contributed by atoms with Gasteiger partial charge in [-0.1, -0.05) is 96.0 Å². The van der Waals surface area contributed by atoms with Crippen LogP contribution in [0.1, 0.15) is 69.2 Å². The third-order valence-electron chi connectivity index (χ3n) is 9.04. The third kappa shape index (κ3) is 1.70. The van der Waals surface area contributed by atoms with E-state index in [0.717, 1.165) is 22.9 Å². The number of rotatable bonds is 0. The van der Waals surface area contributed by atoms with Gasteiger partial charge in [0.1, 0.15) is 0 Å². The van der Waals surface area contributed by atoms with Gasteiger partial charge in [0.25, 0.3) is 0 Å². The fourth-order valence-corrected chi connectivity index (χ4v) is 8.94. The normalized spacial score (nSPS) is 29.6. The molecule has 2 spiro atoms. The van der Waals surface area contributed by atoms with Crippen molar-refractivity contribution in [2.75, 3.05) is 0 Å². The van der Waals surface area contributed by atoms with Crippen LogP contribution < -0.4 is 0 Å². The molecule has 32 heavy (non-hydrogen) atoms. The summed E-state index contributed by atoms with van der Waals surface area (Å²) in [5.41, 5.74) is 11.0. The average molecular weight is 451 g/mol. The molecule has 4 aromatic rings. The van der Waals surface area contributed by atoms with Gasteiger partial charge in [0, 0.05) is 32.7 Å². The second-order valence-corrected chi connectivity index (χ2v) is 10.7. The SMILES string of the molecule is Clc1cccc2c1C13CC4c5ccccc5C1(CC2c1ccccc13)c1c(Cl)cccc14. The second-order valence-electron chi connectivity index (χ2n) is 9.91. The van der Waals surface area contributed by atoms with Crippen molar-refractivity contribution in [1.29, 1.82) is 0 Å². The Labute approximate surface area is 197 Å². The maximum absolute atomic E-state index is 7.11. The molecule has 0 heterocycles. The maximum atomic E-state index is 7.11. The smallest absolute Gasteiger partial charge is 0.0450 e. The van der Waals surface area contributed by atoms with Crippen molar-refractivity contribution >= 4 is 23.2 Å². The van der Waals surface area contributed by atoms with Crippen LogP contribution in [0.5, 0.6) is 0 Å². The molecule has 154 valence electrons. The summed E-state index contributed by atoms with van der Waals surface area (Å²) in [4.78, 5) is 0. The van der Waals surface area contributed by atoms with Crippen LogP contribution in [0, 0.1) is 0 Å². The number of benzene rings is 4. The summed E-state index contributed by atoms with van der Waals surface area (Å²) < 4.78 is 0. The minimum atomic E-state index is -0.205. The summed E-state index contributed by atoms with van der Waals surface area (Å²) in [7, 11) is 0. The van der Waals surface area contributed by atoms with E-state index >= 15 is 0 Å². The predicted molar refractivity (Wildman–Crippen MR) is 130 cm³/mol. The first kappa shape index (κ1) is 18.0. The number of halogens is 2. The molecule has 10 rings (SSSR count). The molecule has 4 atom stereocenters. The third-order valence-corrected chi connectivity index (χ3v) is 9.67. The summed E-state index contributed by atoms with van der Waals surface area (Å²) in [5.74, 6) is 0.627. The van der Waals surface area contributed by atoms with Crippen molar-refractivity contribution in [3.05, 3.63) is 139 Å². The molecule has 0 saturated heterocycles. The number of hydrogen-bond donors (Lipinski definition) is 0. The lowest BCUT2D eigenvalue weighted by Gasteiger charge is -2.68. The van der Waals surface area contributed by atoms with Crippen molar-refractivity contribution in [2.45, 2.75) is 35.5 Å². The molecule has 4 unspecified atom stereocenters. The molecule has 4 aromatic carbocycles. The molecular formula is C30H20Cl2. The molecule has 2 heteroatoms. The van der Waals surface area contributed by atoms with Gasteiger partial charge < -0.3 is 0 Å². The van der Waals surface area contributed by atoms with Crippen LogP contribution in [0.2, 0.25) is 10.0 Å². The molecule has 0 fully saturated rings. The summed E-state index contributed by atoms with van der Waals surface area (Å²) in [5, 5.41) is 1.81. The molecule has 4 bridgehead atoms. The summed E-state index contributed by atoms with van der Waals surface area (Å²) in [6.07, 6.45) is 2.08. The Hall–Kier alpha value is -2.54. The standard InChI is InChI=1S/C30H20Cl2/c31-25-13-5-9-19-21-15-30-24-12-4-2-8-18(24)22(20-10-6-14-26(32)28(20)30)16-29(30,27(19)25)23-11-3-1-7-17(21)23/h1-14,21-22H,15-16H2. The van der Waals surface area contributed by atoms with Gasteiger partial charge >= 0.3 is 0 Å². The molecule has 6 aliphatic rings. The lowest BCUT2D eigenvalue weighted by Crippen LogP contribution is -2.64. The molecule has 0 nitrogen and oxygen atoms in total. The van der Waals surface area contributed by atoms with E-state index in [-0.39, 0.29) is 10.8 Å². The Bertz CT molecular complexity index is 1370. The highest BCUT2D eigenvalue weighted by molar-refractivity contribution is 6.32. The van der Waals surface area contributed by atoms with Crippen molar-refractivity contribution in [1.82, 2.24) is 0 Å². The van der Waals surface area contributed by atoms with Crippen molar-refractivity contribution in [2.24, 2.45) is 0 Å². The molecule has 6 aliphatic carbocycles. The predicted octanol–water partition coefficient (Wildman–Crippen LogP) is 7.96. The fourth-order valence-electron chi connectivity index (χ4n) is 8.26. The van der Waals surface area contributed by atoms with E-state index in [2.05, 4.69) is 84.9 Å². The van der Waals surface area contributed by atoms with Gasteiger partial charge in [-0.25, -0.2) is 0 Å². The summed E-state index contributed by atoms with van der Waals surface area (Å²) in [6, 6.07) is 31.3. The van der Waals surface area contributed by atoms with Crippen LogP contribution in [0.4, 0.5) is 0 Å². The minimum Gasteiger partial charge on any atom is -0.0840 e. The maximum Gasteiger partial charge on any atom is 0.0450 e. The Morgan fingerprint density at radius 1 is 0.500 bits per heavy atom. The van der Waals surface area contributed by atoms with Crippen molar-refractivity contribution in [3.8, 4) is 0 Å². The zero-order valence-corrected chi connectivity index (χ0v) is 18.9. The van der Waals surface area contributed by atoms with Crippen molar-refractivity contribution in [3.63, 3.8) is 0 Å². The topological polar surface area (TPSA) is 0 Å². The molecule has 0 saturated carbocycles. The zero-order valence-electron chi connectivity index (χ0n) is 17.4. The van der Waals surface area contributed by atoms with E-state index in [0.29, 0.717) is 11.8 Å². The quantitative estimate of drug-likeness (QED) is 0.254. The van der Waals surface area contributed by atoms with Crippen LogP contribution in [0.3, 0.4) is 0 Å². The average Bonchev–Trinajstić information content (AvgIpc) is 2.83. The minimum absolute atomic E-state index is 0.205.